The highest BCUT2D eigenvalue weighted by Gasteiger charge is 2.37. The van der Waals surface area contributed by atoms with E-state index in [1.807, 2.05) is 0 Å². The largest absolute Gasteiger partial charge is 0.480 e. The summed E-state index contributed by atoms with van der Waals surface area (Å²) in [6.07, 6.45) is 4.48. The quantitative estimate of drug-likeness (QED) is 0.575. The first-order valence-corrected chi connectivity index (χ1v) is 7.78. The second kappa shape index (κ2) is 7.91. The molecule has 9 nitrogen and oxygen atoms in total. The van der Waals surface area contributed by atoms with Crippen LogP contribution in [0.4, 0.5) is 0 Å². The number of H-pyrrole nitrogens is 1. The fourth-order valence-electron chi connectivity index (χ4n) is 2.88. The van der Waals surface area contributed by atoms with Crippen LogP contribution in [0.15, 0.2) is 12.5 Å². The van der Waals surface area contributed by atoms with Gasteiger partial charge in [0.1, 0.15) is 12.1 Å². The Kier molecular flexibility index (Phi) is 5.91. The summed E-state index contributed by atoms with van der Waals surface area (Å²) < 4.78 is 4.77. The molecule has 1 amide bonds. The van der Waals surface area contributed by atoms with Crippen molar-refractivity contribution in [3.63, 3.8) is 0 Å². The predicted octanol–water partition coefficient (Wildman–Crippen LogP) is -0.452. The fourth-order valence-corrected chi connectivity index (χ4v) is 2.88. The SMILES string of the molecule is COC(=O)[C@H](Cc1cnc[nH]1)NC(C)C(=O)N1CCC[C@H]1C(=O)O. The van der Waals surface area contributed by atoms with Gasteiger partial charge in [0, 0.05) is 24.9 Å². The van der Waals surface area contributed by atoms with Crippen molar-refractivity contribution in [2.45, 2.75) is 44.3 Å². The van der Waals surface area contributed by atoms with Gasteiger partial charge in [-0.15, -0.1) is 0 Å². The van der Waals surface area contributed by atoms with E-state index >= 15 is 0 Å². The van der Waals surface area contributed by atoms with Gasteiger partial charge in [0.15, 0.2) is 0 Å². The van der Waals surface area contributed by atoms with Crippen LogP contribution in [0.3, 0.4) is 0 Å². The minimum atomic E-state index is -1.00. The number of hydrogen-bond acceptors (Lipinski definition) is 6. The first kappa shape index (κ1) is 17.9. The molecule has 1 saturated heterocycles. The third kappa shape index (κ3) is 4.10. The van der Waals surface area contributed by atoms with Crippen molar-refractivity contribution < 1.29 is 24.2 Å². The van der Waals surface area contributed by atoms with Crippen molar-refractivity contribution in [3.8, 4) is 0 Å². The first-order valence-electron chi connectivity index (χ1n) is 7.78. The Hall–Kier alpha value is -2.42. The molecule has 2 rings (SSSR count). The highest BCUT2D eigenvalue weighted by molar-refractivity contribution is 5.88. The molecule has 132 valence electrons. The molecule has 24 heavy (non-hydrogen) atoms. The minimum Gasteiger partial charge on any atom is -0.480 e. The molecule has 0 spiro atoms. The van der Waals surface area contributed by atoms with Gasteiger partial charge in [-0.1, -0.05) is 0 Å². The van der Waals surface area contributed by atoms with Crippen LogP contribution in [-0.2, 0) is 25.5 Å². The van der Waals surface area contributed by atoms with E-state index in [9.17, 15) is 19.5 Å². The minimum absolute atomic E-state index is 0.284. The van der Waals surface area contributed by atoms with Crippen molar-refractivity contribution in [2.24, 2.45) is 0 Å². The Labute approximate surface area is 139 Å². The van der Waals surface area contributed by atoms with E-state index in [2.05, 4.69) is 15.3 Å². The number of methoxy groups -OCH3 is 1. The summed E-state index contributed by atoms with van der Waals surface area (Å²) in [7, 11) is 1.28. The van der Waals surface area contributed by atoms with Crippen LogP contribution >= 0.6 is 0 Å². The highest BCUT2D eigenvalue weighted by Crippen LogP contribution is 2.18. The van der Waals surface area contributed by atoms with Crippen LogP contribution in [0.1, 0.15) is 25.5 Å². The maximum Gasteiger partial charge on any atom is 0.326 e. The summed E-state index contributed by atoms with van der Waals surface area (Å²) in [6, 6.07) is -2.25. The number of amides is 1. The van der Waals surface area contributed by atoms with Gasteiger partial charge < -0.3 is 19.7 Å². The molecule has 1 unspecified atom stereocenters. The van der Waals surface area contributed by atoms with Gasteiger partial charge in [-0.3, -0.25) is 14.9 Å². The Morgan fingerprint density at radius 3 is 2.88 bits per heavy atom. The van der Waals surface area contributed by atoms with E-state index in [1.54, 1.807) is 13.1 Å². The number of ether oxygens (including phenoxy) is 1. The third-order valence-electron chi connectivity index (χ3n) is 4.11. The van der Waals surface area contributed by atoms with Crippen LogP contribution in [-0.4, -0.2) is 69.6 Å². The Balaban J connectivity index is 2.03. The number of carboxylic acid groups (broad SMARTS) is 1. The van der Waals surface area contributed by atoms with Crippen LogP contribution in [0.5, 0.6) is 0 Å². The smallest absolute Gasteiger partial charge is 0.326 e. The molecule has 3 atom stereocenters. The molecule has 3 N–H and O–H groups in total. The number of carbonyl (C=O) groups excluding carboxylic acids is 2. The van der Waals surface area contributed by atoms with Crippen molar-refractivity contribution in [3.05, 3.63) is 18.2 Å². The standard InChI is InChI=1S/C15H22N4O5/c1-9(13(20)19-5-3-4-12(19)14(21)22)18-11(15(23)24-2)6-10-7-16-8-17-10/h7-9,11-12,18H,3-6H2,1-2H3,(H,16,17)(H,21,22)/t9?,11-,12-/m0/s1. The predicted molar refractivity (Wildman–Crippen MR) is 83.1 cm³/mol. The van der Waals surface area contributed by atoms with Gasteiger partial charge in [-0.2, -0.15) is 0 Å². The number of aromatic amines is 1. The molecule has 1 aromatic heterocycles. The fraction of sp³-hybridized carbons (Fsp3) is 0.600. The number of nitrogens with one attached hydrogen (secondary N) is 2. The normalized spacial score (nSPS) is 19.8. The molecule has 0 aromatic carbocycles. The number of nitrogens with zero attached hydrogens (tertiary/aromatic N) is 2. The van der Waals surface area contributed by atoms with Gasteiger partial charge in [0.2, 0.25) is 5.91 Å². The lowest BCUT2D eigenvalue weighted by Crippen LogP contribution is -2.53. The summed E-state index contributed by atoms with van der Waals surface area (Å²) in [5.41, 5.74) is 0.724. The number of likely N-dealkylation sites (tertiary alicyclic amines) is 1. The molecular formula is C15H22N4O5. The van der Waals surface area contributed by atoms with E-state index in [1.165, 1.54) is 18.3 Å². The van der Waals surface area contributed by atoms with E-state index in [0.717, 1.165) is 5.69 Å². The lowest BCUT2D eigenvalue weighted by molar-refractivity contribution is -0.149. The number of hydrogen-bond donors (Lipinski definition) is 3. The van der Waals surface area contributed by atoms with E-state index < -0.39 is 30.1 Å². The summed E-state index contributed by atoms with van der Waals surface area (Å²) in [5.74, 6) is -1.84. The van der Waals surface area contributed by atoms with Gasteiger partial charge in [-0.25, -0.2) is 9.78 Å². The molecular weight excluding hydrogens is 316 g/mol. The van der Waals surface area contributed by atoms with E-state index in [0.29, 0.717) is 19.4 Å². The molecule has 0 aliphatic carbocycles. The molecule has 9 heteroatoms. The average Bonchev–Trinajstić information content (AvgIpc) is 3.23. The van der Waals surface area contributed by atoms with Crippen LogP contribution in [0, 0.1) is 0 Å². The van der Waals surface area contributed by atoms with Gasteiger partial charge in [0.25, 0.3) is 0 Å². The molecule has 1 fully saturated rings. The summed E-state index contributed by atoms with van der Waals surface area (Å²) in [6.45, 7) is 2.02. The summed E-state index contributed by atoms with van der Waals surface area (Å²) >= 11 is 0. The zero-order chi connectivity index (χ0) is 17.7. The number of carboxylic acids is 1. The lowest BCUT2D eigenvalue weighted by atomic mass is 10.1. The zero-order valence-corrected chi connectivity index (χ0v) is 13.7. The number of aromatic nitrogens is 2. The summed E-state index contributed by atoms with van der Waals surface area (Å²) in [4.78, 5) is 43.9. The molecule has 2 heterocycles. The number of esters is 1. The molecule has 1 aliphatic rings. The number of rotatable bonds is 7. The van der Waals surface area contributed by atoms with Crippen molar-refractivity contribution in [1.82, 2.24) is 20.2 Å². The van der Waals surface area contributed by atoms with Gasteiger partial charge in [0.05, 0.1) is 19.5 Å². The average molecular weight is 338 g/mol. The molecule has 0 saturated carbocycles. The van der Waals surface area contributed by atoms with Crippen molar-refractivity contribution in [2.75, 3.05) is 13.7 Å². The summed E-state index contributed by atoms with van der Waals surface area (Å²) in [5, 5.41) is 12.1. The van der Waals surface area contributed by atoms with Gasteiger partial charge >= 0.3 is 11.9 Å². The monoisotopic (exact) mass is 338 g/mol. The lowest BCUT2D eigenvalue weighted by Gasteiger charge is -2.27. The van der Waals surface area contributed by atoms with Crippen LogP contribution in [0.2, 0.25) is 0 Å². The number of imidazole rings is 1. The maximum atomic E-state index is 12.5. The highest BCUT2D eigenvalue weighted by atomic mass is 16.5. The van der Waals surface area contributed by atoms with Gasteiger partial charge in [-0.05, 0) is 19.8 Å². The third-order valence-corrected chi connectivity index (χ3v) is 4.11. The molecule has 0 radical (unpaired) electrons. The Bertz CT molecular complexity index is 589. The van der Waals surface area contributed by atoms with Crippen molar-refractivity contribution >= 4 is 17.8 Å². The molecule has 1 aromatic rings. The van der Waals surface area contributed by atoms with Crippen LogP contribution in [0.25, 0.3) is 0 Å². The molecule has 1 aliphatic heterocycles. The number of carbonyl (C=O) groups is 3. The maximum absolute atomic E-state index is 12.5. The Morgan fingerprint density at radius 2 is 2.29 bits per heavy atom. The van der Waals surface area contributed by atoms with Crippen molar-refractivity contribution in [1.29, 1.82) is 0 Å². The van der Waals surface area contributed by atoms with Crippen LogP contribution < -0.4 is 5.32 Å². The second-order valence-electron chi connectivity index (χ2n) is 5.77. The second-order valence-corrected chi connectivity index (χ2v) is 5.77. The Morgan fingerprint density at radius 1 is 1.54 bits per heavy atom. The first-order chi connectivity index (χ1) is 11.4. The topological polar surface area (TPSA) is 125 Å². The molecule has 0 bridgehead atoms. The van der Waals surface area contributed by atoms with E-state index in [-0.39, 0.29) is 12.3 Å². The zero-order valence-electron chi connectivity index (χ0n) is 13.7. The van der Waals surface area contributed by atoms with E-state index in [4.69, 9.17) is 4.74 Å². The number of aliphatic carboxylic acids is 1.